The quantitative estimate of drug-likeness (QED) is 0.698. The van der Waals surface area contributed by atoms with Gasteiger partial charge in [0.2, 0.25) is 0 Å². The third-order valence-corrected chi connectivity index (χ3v) is 6.61. The normalized spacial score (nSPS) is 15.1. The summed E-state index contributed by atoms with van der Waals surface area (Å²) in [7, 11) is 0. The first-order valence-corrected chi connectivity index (χ1v) is 11.0. The number of fused-ring (bicyclic) bond motifs is 1. The van der Waals surface area contributed by atoms with Gasteiger partial charge in [0, 0.05) is 44.8 Å². The summed E-state index contributed by atoms with van der Waals surface area (Å²) in [6, 6.07) is 12.5. The van der Waals surface area contributed by atoms with Crippen molar-refractivity contribution < 1.29 is 4.79 Å². The van der Waals surface area contributed by atoms with Crippen LogP contribution in [0.1, 0.15) is 27.0 Å². The largest absolute Gasteiger partial charge is 0.351 e. The summed E-state index contributed by atoms with van der Waals surface area (Å²) in [5.41, 5.74) is 5.28. The molecule has 0 bridgehead atoms. The molecule has 1 N–H and O–H groups in total. The van der Waals surface area contributed by atoms with Gasteiger partial charge in [-0.1, -0.05) is 35.1 Å². The van der Waals surface area contributed by atoms with Crippen LogP contribution in [-0.4, -0.2) is 55.1 Å². The number of anilines is 1. The number of hydrogen-bond donors (Lipinski definition) is 1. The van der Waals surface area contributed by atoms with Gasteiger partial charge >= 0.3 is 0 Å². The molecular weight excluding hydrogens is 380 g/mol. The van der Waals surface area contributed by atoms with E-state index in [1.807, 2.05) is 32.0 Å². The summed E-state index contributed by atoms with van der Waals surface area (Å²) in [6.07, 6.45) is 0. The molecule has 0 aliphatic carbocycles. The Hall–Kier alpha value is -2.44. The highest BCUT2D eigenvalue weighted by molar-refractivity contribution is 7.22. The lowest BCUT2D eigenvalue weighted by Crippen LogP contribution is -2.48. The van der Waals surface area contributed by atoms with Crippen molar-refractivity contribution in [1.82, 2.24) is 15.2 Å². The summed E-state index contributed by atoms with van der Waals surface area (Å²) in [5.74, 6) is 0.0228. The van der Waals surface area contributed by atoms with Crippen LogP contribution in [0, 0.1) is 20.8 Å². The van der Waals surface area contributed by atoms with E-state index in [0.717, 1.165) is 60.1 Å². The summed E-state index contributed by atoms with van der Waals surface area (Å²) in [4.78, 5) is 22.1. The Kier molecular flexibility index (Phi) is 5.83. The van der Waals surface area contributed by atoms with E-state index in [2.05, 4.69) is 40.2 Å². The van der Waals surface area contributed by atoms with Gasteiger partial charge in [0.15, 0.2) is 5.13 Å². The number of thiazole rings is 1. The maximum atomic E-state index is 12.5. The Labute approximate surface area is 176 Å². The van der Waals surface area contributed by atoms with Crippen LogP contribution in [-0.2, 0) is 0 Å². The van der Waals surface area contributed by atoms with Gasteiger partial charge < -0.3 is 10.2 Å². The summed E-state index contributed by atoms with van der Waals surface area (Å²) in [5, 5.41) is 4.19. The smallest absolute Gasteiger partial charge is 0.251 e. The zero-order valence-electron chi connectivity index (χ0n) is 17.4. The molecule has 0 radical (unpaired) electrons. The minimum Gasteiger partial charge on any atom is -0.351 e. The third kappa shape index (κ3) is 4.60. The molecule has 5 nitrogen and oxygen atoms in total. The van der Waals surface area contributed by atoms with Crippen molar-refractivity contribution in [2.75, 3.05) is 44.2 Å². The molecule has 0 spiro atoms. The number of aryl methyl sites for hydroxylation is 3. The molecular formula is C23H28N4OS. The molecule has 2 heterocycles. The molecule has 6 heteroatoms. The van der Waals surface area contributed by atoms with E-state index in [4.69, 9.17) is 4.98 Å². The first-order valence-electron chi connectivity index (χ1n) is 10.2. The van der Waals surface area contributed by atoms with E-state index in [0.29, 0.717) is 6.54 Å². The first-order chi connectivity index (χ1) is 14.0. The summed E-state index contributed by atoms with van der Waals surface area (Å²) >= 11 is 1.78. The molecule has 0 atom stereocenters. The molecule has 1 saturated heterocycles. The van der Waals surface area contributed by atoms with Gasteiger partial charge in [-0.3, -0.25) is 9.69 Å². The minimum absolute atomic E-state index is 0.0228. The Morgan fingerprint density at radius 2 is 1.76 bits per heavy atom. The van der Waals surface area contributed by atoms with E-state index in [-0.39, 0.29) is 5.91 Å². The van der Waals surface area contributed by atoms with Crippen LogP contribution in [0.4, 0.5) is 5.13 Å². The number of nitrogens with one attached hydrogen (secondary N) is 1. The van der Waals surface area contributed by atoms with Gasteiger partial charge in [-0.25, -0.2) is 4.98 Å². The number of piperazine rings is 1. The number of nitrogens with zero attached hydrogens (tertiary/aromatic N) is 3. The fraction of sp³-hybridized carbons (Fsp3) is 0.391. The lowest BCUT2D eigenvalue weighted by Gasteiger charge is -2.34. The highest BCUT2D eigenvalue weighted by atomic mass is 32.1. The Morgan fingerprint density at radius 3 is 2.55 bits per heavy atom. The fourth-order valence-corrected chi connectivity index (χ4v) is 4.84. The number of carbonyl (C=O) groups is 1. The SMILES string of the molecule is Cc1ccc(C)c(C(=O)NCCN2CCN(c3nc4ccc(C)cc4s3)CC2)c1. The predicted molar refractivity (Wildman–Crippen MR) is 121 cm³/mol. The maximum Gasteiger partial charge on any atom is 0.251 e. The Balaban J connectivity index is 1.26. The van der Waals surface area contributed by atoms with E-state index < -0.39 is 0 Å². The molecule has 1 aromatic heterocycles. The molecule has 29 heavy (non-hydrogen) atoms. The van der Waals surface area contributed by atoms with Crippen molar-refractivity contribution in [3.05, 3.63) is 58.7 Å². The van der Waals surface area contributed by atoms with Gasteiger partial charge in [0.05, 0.1) is 10.2 Å². The minimum atomic E-state index is 0.0228. The van der Waals surface area contributed by atoms with Crippen LogP contribution in [0.3, 0.4) is 0 Å². The van der Waals surface area contributed by atoms with Crippen LogP contribution in [0.25, 0.3) is 10.2 Å². The van der Waals surface area contributed by atoms with Crippen molar-refractivity contribution in [3.8, 4) is 0 Å². The molecule has 1 aliphatic rings. The lowest BCUT2D eigenvalue weighted by molar-refractivity contribution is 0.0947. The number of hydrogen-bond acceptors (Lipinski definition) is 5. The number of benzene rings is 2. The number of aromatic nitrogens is 1. The molecule has 1 amide bonds. The van der Waals surface area contributed by atoms with Gasteiger partial charge in [-0.05, 0) is 50.1 Å². The molecule has 4 rings (SSSR count). The second-order valence-electron chi connectivity index (χ2n) is 7.87. The average molecular weight is 409 g/mol. The van der Waals surface area contributed by atoms with Crippen LogP contribution in [0.15, 0.2) is 36.4 Å². The topological polar surface area (TPSA) is 48.5 Å². The number of carbonyl (C=O) groups excluding carboxylic acids is 1. The van der Waals surface area contributed by atoms with E-state index >= 15 is 0 Å². The van der Waals surface area contributed by atoms with Crippen molar-refractivity contribution in [2.24, 2.45) is 0 Å². The maximum absolute atomic E-state index is 12.5. The summed E-state index contributed by atoms with van der Waals surface area (Å²) < 4.78 is 1.26. The lowest BCUT2D eigenvalue weighted by atomic mass is 10.1. The van der Waals surface area contributed by atoms with Crippen LogP contribution < -0.4 is 10.2 Å². The Morgan fingerprint density at radius 1 is 1.03 bits per heavy atom. The first kappa shape index (κ1) is 19.9. The van der Waals surface area contributed by atoms with Crippen molar-refractivity contribution in [1.29, 1.82) is 0 Å². The monoisotopic (exact) mass is 408 g/mol. The molecule has 152 valence electrons. The van der Waals surface area contributed by atoms with E-state index in [1.165, 1.54) is 10.3 Å². The van der Waals surface area contributed by atoms with Crippen LogP contribution >= 0.6 is 11.3 Å². The van der Waals surface area contributed by atoms with Crippen molar-refractivity contribution in [3.63, 3.8) is 0 Å². The molecule has 0 saturated carbocycles. The molecule has 2 aromatic carbocycles. The predicted octanol–water partition coefficient (Wildman–Crippen LogP) is 3.77. The standard InChI is InChI=1S/C23H28N4OS/c1-16-4-6-18(3)19(14-16)22(28)24-8-9-26-10-12-27(13-11-26)23-25-20-7-5-17(2)15-21(20)29-23/h4-7,14-15H,8-13H2,1-3H3,(H,24,28). The fourth-order valence-electron chi connectivity index (χ4n) is 3.72. The summed E-state index contributed by atoms with van der Waals surface area (Å²) in [6.45, 7) is 11.6. The second kappa shape index (κ2) is 8.51. The van der Waals surface area contributed by atoms with E-state index in [1.54, 1.807) is 11.3 Å². The third-order valence-electron chi connectivity index (χ3n) is 5.53. The van der Waals surface area contributed by atoms with E-state index in [9.17, 15) is 4.79 Å². The highest BCUT2D eigenvalue weighted by Crippen LogP contribution is 2.30. The Bertz CT molecular complexity index is 1020. The molecule has 3 aromatic rings. The van der Waals surface area contributed by atoms with Crippen LogP contribution in [0.5, 0.6) is 0 Å². The zero-order valence-corrected chi connectivity index (χ0v) is 18.2. The molecule has 1 aliphatic heterocycles. The van der Waals surface area contributed by atoms with Gasteiger partial charge in [0.1, 0.15) is 0 Å². The second-order valence-corrected chi connectivity index (χ2v) is 8.88. The zero-order chi connectivity index (χ0) is 20.4. The highest BCUT2D eigenvalue weighted by Gasteiger charge is 2.20. The van der Waals surface area contributed by atoms with Gasteiger partial charge in [0.25, 0.3) is 5.91 Å². The number of amides is 1. The van der Waals surface area contributed by atoms with Gasteiger partial charge in [-0.15, -0.1) is 0 Å². The van der Waals surface area contributed by atoms with Crippen molar-refractivity contribution in [2.45, 2.75) is 20.8 Å². The van der Waals surface area contributed by atoms with Crippen LogP contribution in [0.2, 0.25) is 0 Å². The van der Waals surface area contributed by atoms with Gasteiger partial charge in [-0.2, -0.15) is 0 Å². The average Bonchev–Trinajstić information content (AvgIpc) is 3.13. The van der Waals surface area contributed by atoms with Crippen molar-refractivity contribution >= 4 is 32.6 Å². The molecule has 0 unspecified atom stereocenters. The number of rotatable bonds is 5. The molecule has 1 fully saturated rings.